The van der Waals surface area contributed by atoms with E-state index in [-0.39, 0.29) is 23.9 Å². The summed E-state index contributed by atoms with van der Waals surface area (Å²) in [6, 6.07) is 0. The van der Waals surface area contributed by atoms with E-state index in [0.717, 1.165) is 44.2 Å². The van der Waals surface area contributed by atoms with Gasteiger partial charge in [-0.25, -0.2) is 13.4 Å². The van der Waals surface area contributed by atoms with Crippen molar-refractivity contribution < 1.29 is 17.9 Å². The Kier molecular flexibility index (Phi) is 6.68. The Morgan fingerprint density at radius 2 is 2.32 bits per heavy atom. The maximum absolute atomic E-state index is 11.3. The number of nitrogens with one attached hydrogen (secondary N) is 2. The summed E-state index contributed by atoms with van der Waals surface area (Å²) in [5, 5.41) is 7.19. The fraction of sp³-hybridized carbons (Fsp3) is 0.667. The Hall–Kier alpha value is -1.78. The van der Waals surface area contributed by atoms with Crippen LogP contribution in [0.15, 0.2) is 11.2 Å². The molecule has 140 valence electrons. The van der Waals surface area contributed by atoms with Gasteiger partial charge in [-0.1, -0.05) is 13.3 Å². The number of nitrogens with zero attached hydrogens (tertiary/aromatic N) is 2. The van der Waals surface area contributed by atoms with E-state index in [4.69, 9.17) is 20.6 Å². The Morgan fingerprint density at radius 3 is 3.00 bits per heavy atom. The van der Waals surface area contributed by atoms with Gasteiger partial charge in [-0.3, -0.25) is 5.41 Å². The number of imidazole rings is 1. The number of rotatable bonds is 7. The molecule has 2 heterocycles. The van der Waals surface area contributed by atoms with Crippen molar-refractivity contribution in [3.8, 4) is 0 Å². The van der Waals surface area contributed by atoms with Crippen molar-refractivity contribution in [3.05, 3.63) is 17.7 Å². The average Bonchev–Trinajstić information content (AvgIpc) is 3.19. The van der Waals surface area contributed by atoms with E-state index in [1.807, 2.05) is 0 Å². The number of hydrogen-bond donors (Lipinski definition) is 3. The third kappa shape index (κ3) is 5.62. The van der Waals surface area contributed by atoms with Gasteiger partial charge in [0, 0.05) is 12.9 Å². The van der Waals surface area contributed by atoms with Crippen LogP contribution < -0.4 is 5.73 Å². The fourth-order valence-electron chi connectivity index (χ4n) is 2.38. The molecule has 1 aliphatic heterocycles. The number of aromatic nitrogens is 2. The standard InChI is InChI=1S/C15H25N5O4S/c1-3-4-7-23-9-10-5-6-12(24-10)11-8-18-14(19-11)13(16)20-15(17)25(2,21)22/h8,10,12H,3-7,9H2,1-2H3,(H,18,19)(H3,16,17,20)/t10-,12?/m0/s1. The molecule has 0 spiro atoms. The van der Waals surface area contributed by atoms with E-state index in [2.05, 4.69) is 21.9 Å². The number of nitrogens with two attached hydrogens (primary N) is 1. The lowest BCUT2D eigenvalue weighted by Crippen LogP contribution is -2.24. The van der Waals surface area contributed by atoms with Gasteiger partial charge in [-0.05, 0) is 19.3 Å². The van der Waals surface area contributed by atoms with Crippen molar-refractivity contribution in [2.75, 3.05) is 19.5 Å². The van der Waals surface area contributed by atoms with Crippen LogP contribution in [0.3, 0.4) is 0 Å². The highest BCUT2D eigenvalue weighted by Gasteiger charge is 2.28. The lowest BCUT2D eigenvalue weighted by atomic mass is 10.1. The minimum atomic E-state index is -3.63. The molecule has 0 saturated carbocycles. The van der Waals surface area contributed by atoms with Crippen LogP contribution in [-0.4, -0.2) is 55.0 Å². The first-order valence-electron chi connectivity index (χ1n) is 8.22. The molecule has 0 radical (unpaired) electrons. The summed E-state index contributed by atoms with van der Waals surface area (Å²) < 4.78 is 34.0. The highest BCUT2D eigenvalue weighted by Crippen LogP contribution is 2.31. The molecule has 25 heavy (non-hydrogen) atoms. The van der Waals surface area contributed by atoms with Gasteiger partial charge in [0.05, 0.1) is 30.7 Å². The maximum atomic E-state index is 11.3. The van der Waals surface area contributed by atoms with Gasteiger partial charge >= 0.3 is 0 Å². The quantitative estimate of drug-likeness (QED) is 0.372. The van der Waals surface area contributed by atoms with E-state index < -0.39 is 15.0 Å². The van der Waals surface area contributed by atoms with Crippen LogP contribution in [0.25, 0.3) is 0 Å². The van der Waals surface area contributed by atoms with Crippen LogP contribution in [0.2, 0.25) is 0 Å². The lowest BCUT2D eigenvalue weighted by molar-refractivity contribution is -0.0173. The molecule has 1 saturated heterocycles. The number of amidine groups is 2. The summed E-state index contributed by atoms with van der Waals surface area (Å²) in [5.41, 5.74) is 6.07. The number of H-pyrrole nitrogens is 1. The minimum Gasteiger partial charge on any atom is -0.379 e. The molecule has 1 aromatic heterocycles. The largest absolute Gasteiger partial charge is 0.379 e. The Labute approximate surface area is 147 Å². The molecule has 0 amide bonds. The van der Waals surface area contributed by atoms with Gasteiger partial charge in [-0.2, -0.15) is 4.99 Å². The van der Waals surface area contributed by atoms with E-state index in [9.17, 15) is 8.42 Å². The van der Waals surface area contributed by atoms with Gasteiger partial charge in [0.1, 0.15) is 0 Å². The van der Waals surface area contributed by atoms with Gasteiger partial charge in [-0.15, -0.1) is 0 Å². The van der Waals surface area contributed by atoms with Crippen LogP contribution in [0.5, 0.6) is 0 Å². The van der Waals surface area contributed by atoms with Gasteiger partial charge in [0.25, 0.3) is 0 Å². The Morgan fingerprint density at radius 1 is 1.56 bits per heavy atom. The number of ether oxygens (including phenoxy) is 2. The minimum absolute atomic E-state index is 0.0481. The number of aliphatic imine (C=N–C) groups is 1. The topological polar surface area (TPSA) is 144 Å². The second kappa shape index (κ2) is 8.54. The van der Waals surface area contributed by atoms with Crippen molar-refractivity contribution in [1.82, 2.24) is 9.97 Å². The zero-order valence-electron chi connectivity index (χ0n) is 14.5. The number of unbranched alkanes of at least 4 members (excludes halogenated alkanes) is 1. The van der Waals surface area contributed by atoms with Gasteiger partial charge < -0.3 is 20.2 Å². The number of sulfone groups is 1. The third-order valence-electron chi connectivity index (χ3n) is 3.82. The van der Waals surface area contributed by atoms with Crippen LogP contribution in [0.4, 0.5) is 0 Å². The third-order valence-corrected chi connectivity index (χ3v) is 4.67. The predicted molar refractivity (Wildman–Crippen MR) is 94.5 cm³/mol. The lowest BCUT2D eigenvalue weighted by Gasteiger charge is -2.12. The van der Waals surface area contributed by atoms with E-state index in [0.29, 0.717) is 6.61 Å². The van der Waals surface area contributed by atoms with Crippen LogP contribution in [0, 0.1) is 5.41 Å². The fourth-order valence-corrected chi connectivity index (χ4v) is 2.64. The SMILES string of the molecule is CCCCOC[C@@H]1CCC(c2cnc(C(=N)N=C(N)S(C)(=O)=O)[nH]2)O1. The molecule has 1 aromatic rings. The molecule has 1 unspecified atom stereocenters. The highest BCUT2D eigenvalue weighted by molar-refractivity contribution is 8.05. The zero-order chi connectivity index (χ0) is 18.4. The van der Waals surface area contributed by atoms with Crippen molar-refractivity contribution in [1.29, 1.82) is 5.41 Å². The zero-order valence-corrected chi connectivity index (χ0v) is 15.3. The summed E-state index contributed by atoms with van der Waals surface area (Å²) in [6.45, 7) is 3.43. The molecule has 9 nitrogen and oxygen atoms in total. The van der Waals surface area contributed by atoms with Gasteiger partial charge in [0.2, 0.25) is 15.0 Å². The second-order valence-corrected chi connectivity index (χ2v) is 7.97. The highest BCUT2D eigenvalue weighted by atomic mass is 32.2. The van der Waals surface area contributed by atoms with Gasteiger partial charge in [0.15, 0.2) is 11.7 Å². The van der Waals surface area contributed by atoms with Crippen molar-refractivity contribution >= 4 is 20.8 Å². The first kappa shape index (κ1) is 19.5. The molecule has 2 atom stereocenters. The van der Waals surface area contributed by atoms with Crippen LogP contribution in [-0.2, 0) is 19.3 Å². The molecule has 0 aliphatic carbocycles. The summed E-state index contributed by atoms with van der Waals surface area (Å²) in [6.07, 6.45) is 6.26. The maximum Gasteiger partial charge on any atom is 0.220 e. The molecule has 10 heteroatoms. The summed E-state index contributed by atoms with van der Waals surface area (Å²) in [5.74, 6) is -0.195. The molecule has 4 N–H and O–H groups in total. The van der Waals surface area contributed by atoms with E-state index >= 15 is 0 Å². The van der Waals surface area contributed by atoms with Crippen molar-refractivity contribution in [2.45, 2.75) is 44.8 Å². The molecular weight excluding hydrogens is 346 g/mol. The smallest absolute Gasteiger partial charge is 0.220 e. The van der Waals surface area contributed by atoms with E-state index in [1.54, 1.807) is 6.20 Å². The Balaban J connectivity index is 1.92. The first-order chi connectivity index (χ1) is 11.8. The molecule has 1 aliphatic rings. The molecule has 1 fully saturated rings. The molecular formula is C15H25N5O4S. The predicted octanol–water partition coefficient (Wildman–Crippen LogP) is 1.13. The summed E-state index contributed by atoms with van der Waals surface area (Å²) in [7, 11) is -3.63. The van der Waals surface area contributed by atoms with Crippen molar-refractivity contribution in [3.63, 3.8) is 0 Å². The molecule has 2 rings (SSSR count). The van der Waals surface area contributed by atoms with E-state index in [1.165, 1.54) is 0 Å². The summed E-state index contributed by atoms with van der Waals surface area (Å²) >= 11 is 0. The number of aromatic amines is 1. The molecule has 0 bridgehead atoms. The first-order valence-corrected chi connectivity index (χ1v) is 10.1. The molecule has 0 aromatic carbocycles. The summed E-state index contributed by atoms with van der Waals surface area (Å²) in [4.78, 5) is 10.6. The second-order valence-electron chi connectivity index (χ2n) is 6.01. The monoisotopic (exact) mass is 371 g/mol. The van der Waals surface area contributed by atoms with Crippen LogP contribution in [0.1, 0.15) is 50.2 Å². The number of hydrogen-bond acceptors (Lipinski definition) is 6. The van der Waals surface area contributed by atoms with Crippen molar-refractivity contribution in [2.24, 2.45) is 10.7 Å². The van der Waals surface area contributed by atoms with Crippen LogP contribution >= 0.6 is 0 Å². The average molecular weight is 371 g/mol. The Bertz CT molecular complexity index is 728. The normalized spacial score (nSPS) is 21.6.